The van der Waals surface area contributed by atoms with Gasteiger partial charge in [-0.2, -0.15) is 13.9 Å². The van der Waals surface area contributed by atoms with Crippen molar-refractivity contribution in [3.63, 3.8) is 0 Å². The first kappa shape index (κ1) is 24.6. The molecule has 0 saturated heterocycles. The number of carbonyl (C=O) groups is 1. The highest BCUT2D eigenvalue weighted by atomic mass is 79.9. The van der Waals surface area contributed by atoms with Crippen molar-refractivity contribution in [3.05, 3.63) is 77.0 Å². The van der Waals surface area contributed by atoms with Crippen LogP contribution in [0.2, 0.25) is 0 Å². The van der Waals surface area contributed by atoms with Crippen molar-refractivity contribution in [3.8, 4) is 17.3 Å². The molecule has 0 unspecified atom stereocenters. The van der Waals surface area contributed by atoms with Crippen LogP contribution in [0.5, 0.6) is 11.6 Å². The largest absolute Gasteiger partial charge is 0.484 e. The number of fused-ring (bicyclic) bond motifs is 1. The number of pyridine rings is 1. The molecule has 0 aliphatic heterocycles. The van der Waals surface area contributed by atoms with Gasteiger partial charge in [-0.3, -0.25) is 4.79 Å². The summed E-state index contributed by atoms with van der Waals surface area (Å²) in [5, 5.41) is 7.65. The molecule has 0 radical (unpaired) electrons. The van der Waals surface area contributed by atoms with Crippen LogP contribution in [-0.4, -0.2) is 39.7 Å². The number of amides is 1. The Kier molecular flexibility index (Phi) is 7.02. The van der Waals surface area contributed by atoms with E-state index < -0.39 is 24.0 Å². The molecule has 2 atom stereocenters. The number of benzene rings is 2. The molecule has 182 valence electrons. The summed E-state index contributed by atoms with van der Waals surface area (Å²) < 4.78 is 41.1. The molecule has 0 aliphatic rings. The second kappa shape index (κ2) is 9.99. The lowest BCUT2D eigenvalue weighted by Gasteiger charge is -2.27. The summed E-state index contributed by atoms with van der Waals surface area (Å²) >= 11 is 3.47. The van der Waals surface area contributed by atoms with Crippen molar-refractivity contribution >= 4 is 32.7 Å². The summed E-state index contributed by atoms with van der Waals surface area (Å²) in [6.07, 6.45) is 2.45. The molecule has 0 fully saturated rings. The highest BCUT2D eigenvalue weighted by Crippen LogP contribution is 2.30. The van der Waals surface area contributed by atoms with Gasteiger partial charge >= 0.3 is 5.92 Å². The molecule has 0 aliphatic carbocycles. The van der Waals surface area contributed by atoms with E-state index in [2.05, 4.69) is 31.3 Å². The maximum Gasteiger partial charge on any atom is 0.321 e. The average Bonchev–Trinajstić information content (AvgIpc) is 3.25. The third-order valence-corrected chi connectivity index (χ3v) is 5.86. The van der Waals surface area contributed by atoms with E-state index in [0.717, 1.165) is 21.1 Å². The molecule has 0 bridgehead atoms. The third-order valence-electron chi connectivity index (χ3n) is 5.36. The lowest BCUT2D eigenvalue weighted by molar-refractivity contribution is -0.144. The number of aromatic nitrogens is 3. The van der Waals surface area contributed by atoms with E-state index in [1.807, 2.05) is 36.4 Å². The Morgan fingerprint density at radius 1 is 1.14 bits per heavy atom. The number of nitrogens with one attached hydrogen (secondary N) is 1. The van der Waals surface area contributed by atoms with Gasteiger partial charge in [0.05, 0.1) is 30.6 Å². The van der Waals surface area contributed by atoms with E-state index in [9.17, 15) is 13.6 Å². The zero-order valence-corrected chi connectivity index (χ0v) is 20.8. The van der Waals surface area contributed by atoms with E-state index in [1.165, 1.54) is 13.3 Å². The molecule has 10 heteroatoms. The van der Waals surface area contributed by atoms with Gasteiger partial charge in [-0.25, -0.2) is 9.67 Å². The smallest absolute Gasteiger partial charge is 0.321 e. The first-order chi connectivity index (χ1) is 16.7. The van der Waals surface area contributed by atoms with Crippen LogP contribution >= 0.6 is 15.9 Å². The summed E-state index contributed by atoms with van der Waals surface area (Å²) in [5.41, 5.74) is 2.34. The van der Waals surface area contributed by atoms with E-state index in [1.54, 1.807) is 36.0 Å². The molecule has 1 N–H and O–H groups in total. The van der Waals surface area contributed by atoms with Gasteiger partial charge in [0, 0.05) is 34.6 Å². The molecule has 1 amide bonds. The summed E-state index contributed by atoms with van der Waals surface area (Å²) in [6.45, 7) is 2.15. The Labute approximate surface area is 209 Å². The van der Waals surface area contributed by atoms with Crippen LogP contribution in [0.1, 0.15) is 25.5 Å². The lowest BCUT2D eigenvalue weighted by Crippen LogP contribution is -2.46. The minimum atomic E-state index is -3.52. The number of nitrogens with zero attached hydrogens (tertiary/aromatic N) is 3. The van der Waals surface area contributed by atoms with Crippen molar-refractivity contribution < 1.29 is 23.0 Å². The summed E-state index contributed by atoms with van der Waals surface area (Å²) in [7, 11) is 1.49. The fourth-order valence-electron chi connectivity index (χ4n) is 3.59. The minimum Gasteiger partial charge on any atom is -0.484 e. The Morgan fingerprint density at radius 2 is 1.94 bits per heavy atom. The van der Waals surface area contributed by atoms with Crippen molar-refractivity contribution in [1.29, 1.82) is 0 Å². The van der Waals surface area contributed by atoms with Gasteiger partial charge in [0.15, 0.2) is 0 Å². The van der Waals surface area contributed by atoms with Crippen LogP contribution in [0.4, 0.5) is 8.78 Å². The van der Waals surface area contributed by atoms with Crippen LogP contribution in [-0.2, 0) is 4.79 Å². The number of alkyl halides is 2. The van der Waals surface area contributed by atoms with Crippen LogP contribution in [0.3, 0.4) is 0 Å². The highest BCUT2D eigenvalue weighted by molar-refractivity contribution is 9.10. The monoisotopic (exact) mass is 544 g/mol. The molecule has 4 rings (SSSR count). The average molecular weight is 545 g/mol. The Hall–Kier alpha value is -3.53. The molecule has 35 heavy (non-hydrogen) atoms. The standard InChI is InChI=1S/C25H23BrF2N4O3/c1-15(31-24(33)25(2,27)28)23(16-7-10-22(34-3)29-13-16)35-20-8-9-21-17(11-20)14-30-32(21)19-6-4-5-18(26)12-19/h4-15,23H,1-3H3,(H,31,33)/t15-,23+/m0/s1. The van der Waals surface area contributed by atoms with E-state index in [4.69, 9.17) is 9.47 Å². The molecule has 4 aromatic rings. The van der Waals surface area contributed by atoms with E-state index in [0.29, 0.717) is 24.1 Å². The number of hydrogen-bond acceptors (Lipinski definition) is 5. The maximum atomic E-state index is 13.5. The van der Waals surface area contributed by atoms with Gasteiger partial charge in [0.1, 0.15) is 11.9 Å². The molecule has 0 saturated carbocycles. The summed E-state index contributed by atoms with van der Waals surface area (Å²) in [4.78, 5) is 16.1. The van der Waals surface area contributed by atoms with Gasteiger partial charge in [0.2, 0.25) is 5.88 Å². The maximum absolute atomic E-state index is 13.5. The Balaban J connectivity index is 1.64. The molecular formula is C25H23BrF2N4O3. The second-order valence-electron chi connectivity index (χ2n) is 8.08. The van der Waals surface area contributed by atoms with Crippen LogP contribution in [0, 0.1) is 0 Å². The minimum absolute atomic E-state index is 0.394. The number of carbonyl (C=O) groups excluding carboxylic acids is 1. The van der Waals surface area contributed by atoms with Crippen molar-refractivity contribution in [1.82, 2.24) is 20.1 Å². The van der Waals surface area contributed by atoms with Gasteiger partial charge in [0.25, 0.3) is 5.91 Å². The van der Waals surface area contributed by atoms with Gasteiger partial charge in [-0.05, 0) is 49.4 Å². The molecule has 7 nitrogen and oxygen atoms in total. The molecular weight excluding hydrogens is 522 g/mol. The zero-order chi connectivity index (χ0) is 25.2. The Morgan fingerprint density at radius 3 is 2.60 bits per heavy atom. The number of halogens is 3. The van der Waals surface area contributed by atoms with Gasteiger partial charge in [-0.1, -0.05) is 22.0 Å². The zero-order valence-electron chi connectivity index (χ0n) is 19.2. The molecule has 2 aromatic carbocycles. The summed E-state index contributed by atoms with van der Waals surface area (Å²) in [5.74, 6) is -4.02. The number of rotatable bonds is 8. The Bertz CT molecular complexity index is 1340. The SMILES string of the molecule is COc1ccc([C@H](Oc2ccc3c(cnn3-c3cccc(Br)c3)c2)[C@H](C)NC(=O)C(C)(F)F)cn1. The quantitative estimate of drug-likeness (QED) is 0.318. The number of hydrogen-bond donors (Lipinski definition) is 1. The van der Waals surface area contributed by atoms with Crippen LogP contribution < -0.4 is 14.8 Å². The first-order valence-electron chi connectivity index (χ1n) is 10.7. The van der Waals surface area contributed by atoms with Crippen molar-refractivity contribution in [2.45, 2.75) is 31.9 Å². The highest BCUT2D eigenvalue weighted by Gasteiger charge is 2.35. The number of ether oxygens (including phenoxy) is 2. The first-order valence-corrected chi connectivity index (χ1v) is 11.5. The molecule has 0 spiro atoms. The van der Waals surface area contributed by atoms with E-state index >= 15 is 0 Å². The summed E-state index contributed by atoms with van der Waals surface area (Å²) in [6, 6.07) is 15.8. The lowest BCUT2D eigenvalue weighted by atomic mass is 10.0. The van der Waals surface area contributed by atoms with Gasteiger partial charge in [-0.15, -0.1) is 0 Å². The fraction of sp³-hybridized carbons (Fsp3) is 0.240. The molecule has 2 heterocycles. The predicted molar refractivity (Wildman–Crippen MR) is 131 cm³/mol. The number of methoxy groups -OCH3 is 1. The predicted octanol–water partition coefficient (Wildman–Crippen LogP) is 5.47. The van der Waals surface area contributed by atoms with Gasteiger partial charge < -0.3 is 14.8 Å². The van der Waals surface area contributed by atoms with Crippen molar-refractivity contribution in [2.24, 2.45) is 0 Å². The third kappa shape index (κ3) is 5.59. The van der Waals surface area contributed by atoms with Crippen molar-refractivity contribution in [2.75, 3.05) is 7.11 Å². The fourth-order valence-corrected chi connectivity index (χ4v) is 3.98. The van der Waals surface area contributed by atoms with E-state index in [-0.39, 0.29) is 0 Å². The molecule has 2 aromatic heterocycles. The topological polar surface area (TPSA) is 78.3 Å². The van der Waals surface area contributed by atoms with Crippen LogP contribution in [0.15, 0.2) is 71.5 Å². The normalized spacial score (nSPS) is 13.3. The van der Waals surface area contributed by atoms with Crippen LogP contribution in [0.25, 0.3) is 16.6 Å². The second-order valence-corrected chi connectivity index (χ2v) is 9.00.